The Balaban J connectivity index is 2.86. The van der Waals surface area contributed by atoms with Gasteiger partial charge in [-0.3, -0.25) is 4.79 Å². The summed E-state index contributed by atoms with van der Waals surface area (Å²) >= 11 is 36.9. The molecule has 0 aromatic rings. The van der Waals surface area contributed by atoms with Gasteiger partial charge in [0.25, 0.3) is 0 Å². The molecule has 88 valence electrons. The topological polar surface area (TPSA) is 17.1 Å². The molecule has 1 nitrogen and oxygen atoms in total. The van der Waals surface area contributed by atoms with E-state index in [0.717, 1.165) is 0 Å². The molecule has 0 heterocycles. The Hall–Kier alpha value is 0.890. The van der Waals surface area contributed by atoms with E-state index in [1.54, 1.807) is 6.92 Å². The summed E-state index contributed by atoms with van der Waals surface area (Å²) in [6.07, 6.45) is 0.553. The van der Waals surface area contributed by atoms with Crippen molar-refractivity contribution < 1.29 is 4.79 Å². The highest BCUT2D eigenvalue weighted by Gasteiger charge is 2.77. The number of rotatable bonds is 1. The van der Waals surface area contributed by atoms with Gasteiger partial charge in [0.15, 0.2) is 4.33 Å². The first-order valence-corrected chi connectivity index (χ1v) is 6.43. The molecule has 2 unspecified atom stereocenters. The fourth-order valence-corrected chi connectivity index (χ4v) is 4.89. The van der Waals surface area contributed by atoms with Crippen molar-refractivity contribution in [2.45, 2.75) is 21.0 Å². The fraction of sp³-hybridized carbons (Fsp3) is 0.444. The summed E-state index contributed by atoms with van der Waals surface area (Å²) in [5.41, 5.74) is 0.599. The van der Waals surface area contributed by atoms with Crippen molar-refractivity contribution in [3.05, 3.63) is 21.2 Å². The minimum Gasteiger partial charge on any atom is -0.298 e. The summed E-state index contributed by atoms with van der Waals surface area (Å²) in [7, 11) is 0. The Morgan fingerprint density at radius 3 is 1.81 bits per heavy atom. The first kappa shape index (κ1) is 13.3. The van der Waals surface area contributed by atoms with Gasteiger partial charge in [-0.05, 0) is 12.5 Å². The molecule has 0 amide bonds. The number of halogens is 6. The van der Waals surface area contributed by atoms with E-state index in [-0.39, 0.29) is 15.6 Å². The van der Waals surface area contributed by atoms with E-state index in [4.69, 9.17) is 69.6 Å². The van der Waals surface area contributed by atoms with E-state index < -0.39 is 14.1 Å². The first-order valence-electron chi connectivity index (χ1n) is 4.16. The third kappa shape index (κ3) is 1.03. The molecule has 2 rings (SSSR count). The van der Waals surface area contributed by atoms with Gasteiger partial charge in [0, 0.05) is 5.57 Å². The maximum absolute atomic E-state index is 11.1. The van der Waals surface area contributed by atoms with Crippen molar-refractivity contribution in [2.75, 3.05) is 0 Å². The second-order valence-electron chi connectivity index (χ2n) is 3.68. The highest BCUT2D eigenvalue weighted by atomic mass is 35.5. The number of fused-ring (bicyclic) bond motifs is 2. The zero-order valence-electron chi connectivity index (χ0n) is 7.75. The third-order valence-corrected chi connectivity index (χ3v) is 7.26. The molecule has 7 heteroatoms. The Kier molecular flexibility index (Phi) is 2.88. The van der Waals surface area contributed by atoms with Crippen molar-refractivity contribution in [3.63, 3.8) is 0 Å². The Morgan fingerprint density at radius 2 is 1.44 bits per heavy atom. The van der Waals surface area contributed by atoms with Crippen LogP contribution in [0.2, 0.25) is 0 Å². The number of carbonyl (C=O) groups excluding carboxylic acids is 1. The van der Waals surface area contributed by atoms with Crippen LogP contribution in [0.5, 0.6) is 0 Å². The molecular formula is C9H4Cl6O. The van der Waals surface area contributed by atoms with Crippen LogP contribution in [0.4, 0.5) is 0 Å². The molecule has 0 aromatic carbocycles. The average molecular weight is 341 g/mol. The monoisotopic (exact) mass is 338 g/mol. The SMILES string of the molecule is CC1=C(C=O)C2(Cl)C(Cl)=C(Cl)C1(Cl)C2(Cl)Cl. The number of hydrogen-bond acceptors (Lipinski definition) is 1. The lowest BCUT2D eigenvalue weighted by atomic mass is 9.98. The summed E-state index contributed by atoms with van der Waals surface area (Å²) in [6, 6.07) is 0. The minimum atomic E-state index is -1.68. The Bertz CT molecular complexity index is 465. The minimum absolute atomic E-state index is 0.00327. The number of aldehydes is 1. The molecule has 0 radical (unpaired) electrons. The van der Waals surface area contributed by atoms with E-state index in [0.29, 0.717) is 11.9 Å². The van der Waals surface area contributed by atoms with Crippen LogP contribution in [0.25, 0.3) is 0 Å². The van der Waals surface area contributed by atoms with Crippen LogP contribution in [0, 0.1) is 0 Å². The number of allylic oxidation sites excluding steroid dienone is 4. The van der Waals surface area contributed by atoms with Gasteiger partial charge in [-0.1, -0.05) is 46.4 Å². The summed E-state index contributed by atoms with van der Waals surface area (Å²) in [5, 5.41) is 0.0717. The van der Waals surface area contributed by atoms with Gasteiger partial charge in [-0.15, -0.1) is 23.2 Å². The van der Waals surface area contributed by atoms with Crippen LogP contribution in [-0.4, -0.2) is 20.4 Å². The standard InChI is InChI=1S/C9H4Cl6O/c1-3-4(2-16)8(13)6(11)5(10)7(3,12)9(8,14)15/h2H,1H3. The molecule has 2 bridgehead atoms. The lowest BCUT2D eigenvalue weighted by Gasteiger charge is -2.32. The van der Waals surface area contributed by atoms with Gasteiger partial charge >= 0.3 is 0 Å². The number of alkyl halides is 4. The normalized spacial score (nSPS) is 40.9. The molecule has 0 saturated carbocycles. The summed E-state index contributed by atoms with van der Waals surface area (Å²) in [4.78, 5) is 8.05. The van der Waals surface area contributed by atoms with Crippen molar-refractivity contribution in [3.8, 4) is 0 Å². The second kappa shape index (κ2) is 3.46. The van der Waals surface area contributed by atoms with Gasteiger partial charge in [0.05, 0.1) is 10.1 Å². The molecule has 2 atom stereocenters. The second-order valence-corrected chi connectivity index (χ2v) is 6.89. The Morgan fingerprint density at radius 1 is 1.00 bits per heavy atom. The van der Waals surface area contributed by atoms with Crippen LogP contribution in [0.1, 0.15) is 6.92 Å². The molecule has 2 aliphatic rings. The first-order chi connectivity index (χ1) is 7.17. The number of hydrogen-bond donors (Lipinski definition) is 0. The van der Waals surface area contributed by atoms with Gasteiger partial charge in [0.1, 0.15) is 16.0 Å². The van der Waals surface area contributed by atoms with Crippen LogP contribution in [0.3, 0.4) is 0 Å². The third-order valence-electron chi connectivity index (χ3n) is 3.07. The zero-order valence-corrected chi connectivity index (χ0v) is 12.3. The molecule has 2 aliphatic carbocycles. The van der Waals surface area contributed by atoms with Gasteiger partial charge in [-0.25, -0.2) is 0 Å². The van der Waals surface area contributed by atoms with E-state index in [2.05, 4.69) is 0 Å². The summed E-state index contributed by atoms with van der Waals surface area (Å²) in [6.45, 7) is 1.60. The molecule has 0 aromatic heterocycles. The quantitative estimate of drug-likeness (QED) is 0.512. The molecule has 0 aliphatic heterocycles. The zero-order chi connectivity index (χ0) is 12.5. The van der Waals surface area contributed by atoms with Crippen molar-refractivity contribution in [2.24, 2.45) is 0 Å². The van der Waals surface area contributed by atoms with Crippen molar-refractivity contribution in [1.82, 2.24) is 0 Å². The average Bonchev–Trinajstić information content (AvgIpc) is 2.40. The van der Waals surface area contributed by atoms with E-state index >= 15 is 0 Å². The van der Waals surface area contributed by atoms with Crippen molar-refractivity contribution in [1.29, 1.82) is 0 Å². The van der Waals surface area contributed by atoms with E-state index in [1.807, 2.05) is 0 Å². The van der Waals surface area contributed by atoms with E-state index in [9.17, 15) is 4.79 Å². The van der Waals surface area contributed by atoms with Crippen LogP contribution >= 0.6 is 69.6 Å². The maximum Gasteiger partial charge on any atom is 0.174 e. The summed E-state index contributed by atoms with van der Waals surface area (Å²) < 4.78 is -1.68. The van der Waals surface area contributed by atoms with Crippen LogP contribution in [0.15, 0.2) is 21.2 Å². The van der Waals surface area contributed by atoms with Gasteiger partial charge in [-0.2, -0.15) is 0 Å². The lowest BCUT2D eigenvalue weighted by Crippen LogP contribution is -2.45. The maximum atomic E-state index is 11.1. The predicted molar refractivity (Wildman–Crippen MR) is 69.1 cm³/mol. The van der Waals surface area contributed by atoms with Gasteiger partial charge in [0.2, 0.25) is 0 Å². The van der Waals surface area contributed by atoms with E-state index in [1.165, 1.54) is 0 Å². The predicted octanol–water partition coefficient (Wildman–Crippen LogP) is 4.35. The molecule has 0 spiro atoms. The fourth-order valence-electron chi connectivity index (χ4n) is 2.12. The molecular weight excluding hydrogens is 337 g/mol. The molecule has 0 fully saturated rings. The lowest BCUT2D eigenvalue weighted by molar-refractivity contribution is -0.105. The molecule has 16 heavy (non-hydrogen) atoms. The highest BCUT2D eigenvalue weighted by Crippen LogP contribution is 2.73. The van der Waals surface area contributed by atoms with Crippen molar-refractivity contribution >= 4 is 75.9 Å². The number of carbonyl (C=O) groups is 1. The summed E-state index contributed by atoms with van der Waals surface area (Å²) in [5.74, 6) is 0. The highest BCUT2D eigenvalue weighted by molar-refractivity contribution is 6.67. The molecule has 0 N–H and O–H groups in total. The molecule has 0 saturated heterocycles. The largest absolute Gasteiger partial charge is 0.298 e. The smallest absolute Gasteiger partial charge is 0.174 e. The van der Waals surface area contributed by atoms with Crippen LogP contribution in [-0.2, 0) is 4.79 Å². The van der Waals surface area contributed by atoms with Crippen LogP contribution < -0.4 is 0 Å². The Labute approximate surface area is 122 Å². The van der Waals surface area contributed by atoms with Gasteiger partial charge < -0.3 is 0 Å².